The van der Waals surface area contributed by atoms with E-state index in [1.54, 1.807) is 44.2 Å². The smallest absolute Gasteiger partial charge is 0.339 e. The van der Waals surface area contributed by atoms with Crippen LogP contribution < -0.4 is 9.50 Å². The molecule has 0 radical (unpaired) electrons. The van der Waals surface area contributed by atoms with Crippen LogP contribution in [0.4, 0.5) is 0 Å². The summed E-state index contributed by atoms with van der Waals surface area (Å²) in [6.45, 7) is 4.05. The minimum Gasteiger partial charge on any atom is -0.462 e. The van der Waals surface area contributed by atoms with Gasteiger partial charge in [0.2, 0.25) is 0 Å². The number of hydrogen-bond acceptors (Lipinski definition) is 6. The summed E-state index contributed by atoms with van der Waals surface area (Å²) < 4.78 is 35.4. The van der Waals surface area contributed by atoms with E-state index in [1.807, 2.05) is 30.3 Å². The van der Waals surface area contributed by atoms with Crippen LogP contribution in [0.5, 0.6) is 5.75 Å². The molecule has 7 heteroatoms. The lowest BCUT2D eigenvalue weighted by Crippen LogP contribution is -2.31. The molecule has 0 heterocycles. The highest BCUT2D eigenvalue weighted by Gasteiger charge is 2.23. The molecule has 31 heavy (non-hydrogen) atoms. The number of carbonyl (C=O) groups excluding carboxylic acids is 1. The molecule has 0 fully saturated rings. The zero-order valence-electron chi connectivity index (χ0n) is 17.4. The largest absolute Gasteiger partial charge is 0.462 e. The Hall–Kier alpha value is -3.16. The van der Waals surface area contributed by atoms with E-state index in [1.165, 1.54) is 24.3 Å². The van der Waals surface area contributed by atoms with Crippen molar-refractivity contribution < 1.29 is 22.1 Å². The van der Waals surface area contributed by atoms with Gasteiger partial charge >= 0.3 is 16.1 Å². The highest BCUT2D eigenvalue weighted by molar-refractivity contribution is 7.87. The summed E-state index contributed by atoms with van der Waals surface area (Å²) in [4.78, 5) is 12.7. The van der Waals surface area contributed by atoms with Crippen molar-refractivity contribution in [1.29, 1.82) is 0 Å². The first-order chi connectivity index (χ1) is 14.8. The average Bonchev–Trinajstić information content (AvgIpc) is 2.76. The molecule has 0 saturated carbocycles. The molecule has 0 aliphatic rings. The summed E-state index contributed by atoms with van der Waals surface area (Å²) in [5.74, 6) is -0.247. The number of carbonyl (C=O) groups is 1. The summed E-state index contributed by atoms with van der Waals surface area (Å²) in [7, 11) is -3.93. The number of esters is 1. The van der Waals surface area contributed by atoms with Crippen molar-refractivity contribution >= 4 is 16.1 Å². The first-order valence-corrected chi connectivity index (χ1v) is 11.3. The van der Waals surface area contributed by atoms with Crippen molar-refractivity contribution in [2.75, 3.05) is 0 Å². The van der Waals surface area contributed by atoms with Crippen molar-refractivity contribution in [1.82, 2.24) is 5.32 Å². The molecule has 6 nitrogen and oxygen atoms in total. The lowest BCUT2D eigenvalue weighted by Gasteiger charge is -2.20. The van der Waals surface area contributed by atoms with Crippen molar-refractivity contribution in [2.45, 2.75) is 37.4 Å². The summed E-state index contributed by atoms with van der Waals surface area (Å²) in [5, 5.41) is 3.22. The summed E-state index contributed by atoms with van der Waals surface area (Å²) in [6.07, 6.45) is -0.257. The van der Waals surface area contributed by atoms with Crippen LogP contribution in [0.1, 0.15) is 31.0 Å². The van der Waals surface area contributed by atoms with E-state index in [2.05, 4.69) is 5.32 Å². The predicted molar refractivity (Wildman–Crippen MR) is 118 cm³/mol. The molecular formula is C24H25NO5S. The second-order valence-corrected chi connectivity index (χ2v) is 8.75. The molecule has 0 aromatic heterocycles. The van der Waals surface area contributed by atoms with Crippen molar-refractivity contribution in [3.63, 3.8) is 0 Å². The van der Waals surface area contributed by atoms with Gasteiger partial charge in [-0.05, 0) is 49.2 Å². The lowest BCUT2D eigenvalue weighted by molar-refractivity contribution is -0.150. The van der Waals surface area contributed by atoms with Crippen LogP contribution in [-0.2, 0) is 26.2 Å². The molecule has 0 saturated heterocycles. The van der Waals surface area contributed by atoms with Crippen LogP contribution in [0.15, 0.2) is 89.8 Å². The zero-order valence-corrected chi connectivity index (χ0v) is 18.2. The monoisotopic (exact) mass is 439 g/mol. The van der Waals surface area contributed by atoms with E-state index in [0.717, 1.165) is 5.56 Å². The Morgan fingerprint density at radius 1 is 0.871 bits per heavy atom. The molecule has 3 aromatic rings. The fraction of sp³-hybridized carbons (Fsp3) is 0.208. The van der Waals surface area contributed by atoms with Gasteiger partial charge in [-0.25, -0.2) is 4.79 Å². The Morgan fingerprint density at radius 2 is 1.45 bits per heavy atom. The first-order valence-electron chi connectivity index (χ1n) is 9.92. The van der Waals surface area contributed by atoms with Gasteiger partial charge in [-0.2, -0.15) is 8.42 Å². The molecule has 1 N–H and O–H groups in total. The molecule has 162 valence electrons. The SMILES string of the molecule is CC(C)OC(=O)C(NCc1ccccc1)c1ccc(OS(=O)(=O)c2ccccc2)cc1. The zero-order chi connectivity index (χ0) is 22.3. The van der Waals surface area contributed by atoms with Gasteiger partial charge in [0.1, 0.15) is 16.7 Å². The molecule has 3 aromatic carbocycles. The Bertz CT molecular complexity index is 1080. The van der Waals surface area contributed by atoms with Gasteiger partial charge < -0.3 is 8.92 Å². The van der Waals surface area contributed by atoms with E-state index in [0.29, 0.717) is 12.1 Å². The molecule has 0 aliphatic heterocycles. The van der Waals surface area contributed by atoms with E-state index in [4.69, 9.17) is 8.92 Å². The van der Waals surface area contributed by atoms with Crippen molar-refractivity contribution in [3.8, 4) is 5.75 Å². The standard InChI is InChI=1S/C24H25NO5S/c1-18(2)29-24(26)23(25-17-19-9-5-3-6-10-19)20-13-15-21(16-14-20)30-31(27,28)22-11-7-4-8-12-22/h3-16,18,23,25H,17H2,1-2H3. The molecule has 0 spiro atoms. The number of rotatable bonds is 9. The third-order valence-electron chi connectivity index (χ3n) is 4.39. The number of hydrogen-bond donors (Lipinski definition) is 1. The Labute approximate surface area is 183 Å². The maximum Gasteiger partial charge on any atom is 0.339 e. The topological polar surface area (TPSA) is 81.7 Å². The fourth-order valence-corrected chi connectivity index (χ4v) is 3.88. The molecule has 1 unspecified atom stereocenters. The Kier molecular flexibility index (Phi) is 7.44. The minimum absolute atomic E-state index is 0.0713. The maximum atomic E-state index is 12.7. The highest BCUT2D eigenvalue weighted by atomic mass is 32.2. The van der Waals surface area contributed by atoms with E-state index >= 15 is 0 Å². The van der Waals surface area contributed by atoms with Crippen LogP contribution in [0.2, 0.25) is 0 Å². The van der Waals surface area contributed by atoms with Crippen LogP contribution in [0, 0.1) is 0 Å². The van der Waals surface area contributed by atoms with E-state index in [9.17, 15) is 13.2 Å². The minimum atomic E-state index is -3.93. The van der Waals surface area contributed by atoms with Crippen molar-refractivity contribution in [3.05, 3.63) is 96.1 Å². The third-order valence-corrected chi connectivity index (χ3v) is 5.65. The van der Waals surface area contributed by atoms with Crippen LogP contribution in [0.25, 0.3) is 0 Å². The summed E-state index contributed by atoms with van der Waals surface area (Å²) in [5.41, 5.74) is 1.67. The predicted octanol–water partition coefficient (Wildman–Crippen LogP) is 4.24. The van der Waals surface area contributed by atoms with Gasteiger partial charge in [0.15, 0.2) is 0 Å². The molecule has 0 bridgehead atoms. The van der Waals surface area contributed by atoms with Gasteiger partial charge in [0, 0.05) is 6.54 Å². The quantitative estimate of drug-likeness (QED) is 0.397. The Morgan fingerprint density at radius 3 is 2.03 bits per heavy atom. The molecule has 0 amide bonds. The van der Waals surface area contributed by atoms with Crippen molar-refractivity contribution in [2.24, 2.45) is 0 Å². The molecule has 3 rings (SSSR count). The van der Waals surface area contributed by atoms with Gasteiger partial charge in [-0.15, -0.1) is 0 Å². The van der Waals surface area contributed by atoms with Crippen LogP contribution >= 0.6 is 0 Å². The second-order valence-electron chi connectivity index (χ2n) is 7.20. The maximum absolute atomic E-state index is 12.7. The lowest BCUT2D eigenvalue weighted by atomic mass is 10.1. The van der Waals surface area contributed by atoms with Gasteiger partial charge in [-0.3, -0.25) is 5.32 Å². The van der Waals surface area contributed by atoms with Crippen LogP contribution in [0.3, 0.4) is 0 Å². The normalized spacial score (nSPS) is 12.4. The molecule has 1 atom stereocenters. The highest BCUT2D eigenvalue weighted by Crippen LogP contribution is 2.23. The second kappa shape index (κ2) is 10.2. The van der Waals surface area contributed by atoms with Crippen LogP contribution in [-0.4, -0.2) is 20.5 Å². The molecular weight excluding hydrogens is 414 g/mol. The van der Waals surface area contributed by atoms with Gasteiger partial charge in [-0.1, -0.05) is 60.7 Å². The summed E-state index contributed by atoms with van der Waals surface area (Å²) in [6, 6.07) is 23.3. The Balaban J connectivity index is 1.77. The number of ether oxygens (including phenoxy) is 1. The number of nitrogens with one attached hydrogen (secondary N) is 1. The molecule has 0 aliphatic carbocycles. The summed E-state index contributed by atoms with van der Waals surface area (Å²) >= 11 is 0. The van der Waals surface area contributed by atoms with Gasteiger partial charge in [0.05, 0.1) is 6.10 Å². The number of benzene rings is 3. The van der Waals surface area contributed by atoms with E-state index < -0.39 is 22.1 Å². The third kappa shape index (κ3) is 6.41. The first kappa shape index (κ1) is 22.5. The van der Waals surface area contributed by atoms with E-state index in [-0.39, 0.29) is 16.7 Å². The van der Waals surface area contributed by atoms with Gasteiger partial charge in [0.25, 0.3) is 0 Å². The fourth-order valence-electron chi connectivity index (χ4n) is 2.93. The average molecular weight is 440 g/mol.